The Balaban J connectivity index is 1.74. The molecule has 0 radical (unpaired) electrons. The van der Waals surface area contributed by atoms with Gasteiger partial charge >= 0.3 is 5.97 Å². The van der Waals surface area contributed by atoms with Gasteiger partial charge in [0, 0.05) is 19.5 Å². The summed E-state index contributed by atoms with van der Waals surface area (Å²) >= 11 is 0. The van der Waals surface area contributed by atoms with Gasteiger partial charge in [-0.05, 0) is 23.5 Å². The van der Waals surface area contributed by atoms with Crippen LogP contribution in [0.25, 0.3) is 0 Å². The maximum atomic E-state index is 12.2. The number of carboxylic acid groups (broad SMARTS) is 1. The minimum atomic E-state index is -0.850. The number of nitrogens with zero attached hydrogens (tertiary/aromatic N) is 1. The van der Waals surface area contributed by atoms with Crippen LogP contribution in [0.3, 0.4) is 0 Å². The lowest BCUT2D eigenvalue weighted by Gasteiger charge is -2.33. The van der Waals surface area contributed by atoms with Gasteiger partial charge in [-0.25, -0.2) is 0 Å². The van der Waals surface area contributed by atoms with Crippen molar-refractivity contribution in [2.75, 3.05) is 6.54 Å². The Morgan fingerprint density at radius 2 is 2.00 bits per heavy atom. The van der Waals surface area contributed by atoms with E-state index in [1.165, 1.54) is 12.8 Å². The second-order valence-electron chi connectivity index (χ2n) is 5.85. The first-order valence-electron chi connectivity index (χ1n) is 7.23. The minimum Gasteiger partial charge on any atom is -0.481 e. The highest BCUT2D eigenvalue weighted by atomic mass is 16.4. The molecule has 1 amide bonds. The van der Waals surface area contributed by atoms with Gasteiger partial charge in [-0.2, -0.15) is 0 Å². The molecule has 1 N–H and O–H groups in total. The van der Waals surface area contributed by atoms with Crippen molar-refractivity contribution in [3.8, 4) is 0 Å². The van der Waals surface area contributed by atoms with Gasteiger partial charge in [-0.1, -0.05) is 37.1 Å². The van der Waals surface area contributed by atoms with Crippen LogP contribution >= 0.6 is 0 Å². The highest BCUT2D eigenvalue weighted by molar-refractivity contribution is 5.81. The number of amides is 1. The summed E-state index contributed by atoms with van der Waals surface area (Å²) in [5.41, 5.74) is 1.82. The molecular formula is C16H19NO3. The molecule has 2 aliphatic rings. The molecule has 1 saturated carbocycles. The number of rotatable bonds is 4. The molecule has 106 valence electrons. The zero-order valence-electron chi connectivity index (χ0n) is 11.4. The van der Waals surface area contributed by atoms with Crippen molar-refractivity contribution < 1.29 is 14.7 Å². The Labute approximate surface area is 118 Å². The number of hydrogen-bond donors (Lipinski definition) is 1. The van der Waals surface area contributed by atoms with E-state index < -0.39 is 11.9 Å². The summed E-state index contributed by atoms with van der Waals surface area (Å²) in [7, 11) is 0. The Morgan fingerprint density at radius 1 is 1.25 bits per heavy atom. The lowest BCUT2D eigenvalue weighted by molar-refractivity contribution is -0.141. The number of carbonyl (C=O) groups excluding carboxylic acids is 1. The molecule has 20 heavy (non-hydrogen) atoms. The van der Waals surface area contributed by atoms with Crippen molar-refractivity contribution in [1.29, 1.82) is 0 Å². The highest BCUT2D eigenvalue weighted by Gasteiger charge is 2.32. The van der Waals surface area contributed by atoms with Crippen LogP contribution in [-0.2, 0) is 16.1 Å². The van der Waals surface area contributed by atoms with Gasteiger partial charge in [0.05, 0.1) is 5.92 Å². The Hall–Kier alpha value is -1.84. The van der Waals surface area contributed by atoms with Crippen molar-refractivity contribution in [3.63, 3.8) is 0 Å². The van der Waals surface area contributed by atoms with Gasteiger partial charge in [0.2, 0.25) is 5.91 Å². The van der Waals surface area contributed by atoms with Gasteiger partial charge in [0.25, 0.3) is 0 Å². The number of aliphatic carboxylic acids is 1. The number of benzene rings is 1. The van der Waals surface area contributed by atoms with Gasteiger partial charge in [0.1, 0.15) is 0 Å². The summed E-state index contributed by atoms with van der Waals surface area (Å²) in [5.74, 6) is -0.620. The predicted octanol–water partition coefficient (Wildman–Crippen LogP) is 2.39. The molecule has 1 heterocycles. The van der Waals surface area contributed by atoms with Gasteiger partial charge in [-0.15, -0.1) is 0 Å². The molecular weight excluding hydrogens is 254 g/mol. The molecule has 1 fully saturated rings. The SMILES string of the molecule is O=C(O)C1CN(C(=O)CCC2CC2)Cc2ccccc21. The van der Waals surface area contributed by atoms with Crippen molar-refractivity contribution >= 4 is 11.9 Å². The molecule has 1 atom stereocenters. The Morgan fingerprint density at radius 3 is 2.70 bits per heavy atom. The average Bonchev–Trinajstić information content (AvgIpc) is 3.27. The molecule has 4 nitrogen and oxygen atoms in total. The van der Waals surface area contributed by atoms with Crippen LogP contribution in [0.4, 0.5) is 0 Å². The standard InChI is InChI=1S/C16H19NO3/c18-15(8-7-11-5-6-11)17-9-12-3-1-2-4-13(12)14(10-17)16(19)20/h1-4,11,14H,5-10H2,(H,19,20). The normalized spacial score (nSPS) is 21.4. The number of fused-ring (bicyclic) bond motifs is 1. The van der Waals surface area contributed by atoms with Crippen molar-refractivity contribution in [3.05, 3.63) is 35.4 Å². The summed E-state index contributed by atoms with van der Waals surface area (Å²) in [6.07, 6.45) is 4.00. The van der Waals surface area contributed by atoms with E-state index >= 15 is 0 Å². The fourth-order valence-electron chi connectivity index (χ4n) is 2.90. The summed E-state index contributed by atoms with van der Waals surface area (Å²) in [4.78, 5) is 25.4. The van der Waals surface area contributed by atoms with Crippen molar-refractivity contribution in [2.24, 2.45) is 5.92 Å². The average molecular weight is 273 g/mol. The molecule has 1 aromatic carbocycles. The predicted molar refractivity (Wildman–Crippen MR) is 74.2 cm³/mol. The summed E-state index contributed by atoms with van der Waals surface area (Å²) < 4.78 is 0. The Bertz CT molecular complexity index is 536. The second kappa shape index (κ2) is 5.27. The first-order chi connectivity index (χ1) is 9.65. The highest BCUT2D eigenvalue weighted by Crippen LogP contribution is 2.34. The van der Waals surface area contributed by atoms with E-state index in [0.29, 0.717) is 19.5 Å². The maximum absolute atomic E-state index is 12.2. The lowest BCUT2D eigenvalue weighted by atomic mass is 9.89. The fourth-order valence-corrected chi connectivity index (χ4v) is 2.90. The van der Waals surface area contributed by atoms with E-state index in [9.17, 15) is 14.7 Å². The van der Waals surface area contributed by atoms with E-state index in [-0.39, 0.29) is 5.91 Å². The number of hydrogen-bond acceptors (Lipinski definition) is 2. The first-order valence-corrected chi connectivity index (χ1v) is 7.23. The third-order valence-electron chi connectivity index (χ3n) is 4.31. The van der Waals surface area contributed by atoms with E-state index in [0.717, 1.165) is 23.5 Å². The fraction of sp³-hybridized carbons (Fsp3) is 0.500. The lowest BCUT2D eigenvalue weighted by Crippen LogP contribution is -2.40. The topological polar surface area (TPSA) is 57.6 Å². The summed E-state index contributed by atoms with van der Waals surface area (Å²) in [6, 6.07) is 7.54. The monoisotopic (exact) mass is 273 g/mol. The summed E-state index contributed by atoms with van der Waals surface area (Å²) in [5, 5.41) is 9.37. The van der Waals surface area contributed by atoms with Crippen LogP contribution in [0, 0.1) is 5.92 Å². The van der Waals surface area contributed by atoms with Crippen LogP contribution in [0.1, 0.15) is 42.7 Å². The van der Waals surface area contributed by atoms with Gasteiger partial charge in [0.15, 0.2) is 0 Å². The third-order valence-corrected chi connectivity index (χ3v) is 4.31. The molecule has 1 aliphatic heterocycles. The van der Waals surface area contributed by atoms with Gasteiger partial charge in [-0.3, -0.25) is 9.59 Å². The molecule has 1 aliphatic carbocycles. The van der Waals surface area contributed by atoms with Crippen molar-refractivity contribution in [1.82, 2.24) is 4.90 Å². The van der Waals surface area contributed by atoms with E-state index in [1.807, 2.05) is 24.3 Å². The van der Waals surface area contributed by atoms with Gasteiger partial charge < -0.3 is 10.0 Å². The largest absolute Gasteiger partial charge is 0.481 e. The summed E-state index contributed by atoms with van der Waals surface area (Å²) in [6.45, 7) is 0.847. The molecule has 0 aromatic heterocycles. The molecule has 4 heteroatoms. The van der Waals surface area contributed by atoms with Crippen LogP contribution in [0.2, 0.25) is 0 Å². The molecule has 0 saturated heterocycles. The molecule has 0 bridgehead atoms. The van der Waals surface area contributed by atoms with Crippen molar-refractivity contribution in [2.45, 2.75) is 38.1 Å². The smallest absolute Gasteiger partial charge is 0.312 e. The van der Waals surface area contributed by atoms with E-state index in [1.54, 1.807) is 4.90 Å². The molecule has 1 unspecified atom stereocenters. The van der Waals surface area contributed by atoms with Crippen LogP contribution in [-0.4, -0.2) is 28.4 Å². The van der Waals surface area contributed by atoms with Crippen LogP contribution in [0.5, 0.6) is 0 Å². The molecule has 3 rings (SSSR count). The molecule has 1 aromatic rings. The quantitative estimate of drug-likeness (QED) is 0.916. The third kappa shape index (κ3) is 2.69. The van der Waals surface area contributed by atoms with E-state index in [4.69, 9.17) is 0 Å². The Kier molecular flexibility index (Phi) is 3.47. The minimum absolute atomic E-state index is 0.0950. The van der Waals surface area contributed by atoms with Crippen LogP contribution < -0.4 is 0 Å². The number of carbonyl (C=O) groups is 2. The zero-order chi connectivity index (χ0) is 14.1. The maximum Gasteiger partial charge on any atom is 0.312 e. The first kappa shape index (κ1) is 13.2. The van der Waals surface area contributed by atoms with E-state index in [2.05, 4.69) is 0 Å². The molecule has 0 spiro atoms. The van der Waals surface area contributed by atoms with Crippen LogP contribution in [0.15, 0.2) is 24.3 Å². The second-order valence-corrected chi connectivity index (χ2v) is 5.85. The zero-order valence-corrected chi connectivity index (χ0v) is 11.4. The number of carboxylic acids is 1.